The molecule has 0 amide bonds. The molecule has 4 aliphatic rings. The van der Waals surface area contributed by atoms with Crippen molar-refractivity contribution in [1.82, 2.24) is 9.88 Å². The Morgan fingerprint density at radius 1 is 1.11 bits per heavy atom. The molecule has 2 aromatic carbocycles. The van der Waals surface area contributed by atoms with E-state index in [1.54, 1.807) is 6.20 Å². The summed E-state index contributed by atoms with van der Waals surface area (Å²) in [5, 5.41) is 10.6. The molecule has 178 valence electrons. The fraction of sp³-hybridized carbons (Fsp3) is 0.429. The van der Waals surface area contributed by atoms with E-state index in [9.17, 15) is 5.26 Å². The Hall–Kier alpha value is -3.18. The maximum atomic E-state index is 9.55. The third-order valence-corrected chi connectivity index (χ3v) is 8.74. The first-order valence-electron chi connectivity index (χ1n) is 12.6. The fourth-order valence-electron chi connectivity index (χ4n) is 6.69. The standard InChI is InChI=1S/C28H30N6O/c1-18-11-32(24-7-4-19(10-29)27-23(24)3-2-8-31-27)13-25-22-6-5-21(9-20(22)12-34(18)25)33-14-26(30)28(15-33)16-35-17-28/h2-9,18,25-26H,11-17,30H2,1H3/t18-,25-,26?/m1/s1. The van der Waals surface area contributed by atoms with Crippen molar-refractivity contribution in [3.05, 3.63) is 65.4 Å². The number of fused-ring (bicyclic) bond motifs is 4. The lowest BCUT2D eigenvalue weighted by Crippen LogP contribution is -2.54. The molecule has 0 bridgehead atoms. The summed E-state index contributed by atoms with van der Waals surface area (Å²) in [6.45, 7) is 8.68. The number of anilines is 2. The van der Waals surface area contributed by atoms with E-state index in [1.165, 1.54) is 22.5 Å². The summed E-state index contributed by atoms with van der Waals surface area (Å²) in [4.78, 5) is 12.1. The summed E-state index contributed by atoms with van der Waals surface area (Å²) >= 11 is 0. The lowest BCUT2D eigenvalue weighted by atomic mass is 9.82. The number of ether oxygens (including phenoxy) is 1. The van der Waals surface area contributed by atoms with Crippen molar-refractivity contribution >= 4 is 22.3 Å². The molecule has 1 unspecified atom stereocenters. The van der Waals surface area contributed by atoms with Crippen LogP contribution < -0.4 is 15.5 Å². The van der Waals surface area contributed by atoms with Gasteiger partial charge in [-0.15, -0.1) is 0 Å². The molecule has 3 saturated heterocycles. The number of aromatic nitrogens is 1. The van der Waals surface area contributed by atoms with Crippen molar-refractivity contribution in [2.24, 2.45) is 11.1 Å². The normalized spacial score (nSPS) is 27.1. The lowest BCUT2D eigenvalue weighted by Gasteiger charge is -2.44. The molecule has 1 spiro atoms. The van der Waals surface area contributed by atoms with Crippen molar-refractivity contribution < 1.29 is 4.74 Å². The van der Waals surface area contributed by atoms with E-state index < -0.39 is 0 Å². The number of hydrogen-bond donors (Lipinski definition) is 1. The quantitative estimate of drug-likeness (QED) is 0.622. The van der Waals surface area contributed by atoms with E-state index in [4.69, 9.17) is 10.5 Å². The Morgan fingerprint density at radius 3 is 2.77 bits per heavy atom. The molecule has 4 aliphatic heterocycles. The number of rotatable bonds is 2. The predicted molar refractivity (Wildman–Crippen MR) is 136 cm³/mol. The Balaban J connectivity index is 1.19. The largest absolute Gasteiger partial charge is 0.380 e. The van der Waals surface area contributed by atoms with Gasteiger partial charge in [0.2, 0.25) is 0 Å². The average Bonchev–Trinajstić information content (AvgIpc) is 3.41. The molecule has 3 aromatic rings. The Labute approximate surface area is 205 Å². The maximum absolute atomic E-state index is 9.55. The zero-order valence-electron chi connectivity index (χ0n) is 20.0. The van der Waals surface area contributed by atoms with Gasteiger partial charge in [-0.05, 0) is 54.4 Å². The summed E-state index contributed by atoms with van der Waals surface area (Å²) in [5.74, 6) is 0. The molecule has 3 fully saturated rings. The van der Waals surface area contributed by atoms with E-state index in [0.29, 0.717) is 17.6 Å². The minimum absolute atomic E-state index is 0.143. The molecular formula is C28H30N6O. The second kappa shape index (κ2) is 7.66. The van der Waals surface area contributed by atoms with Crippen LogP contribution in [0.5, 0.6) is 0 Å². The Bertz CT molecular complexity index is 1360. The van der Waals surface area contributed by atoms with Gasteiger partial charge in [-0.3, -0.25) is 9.88 Å². The monoisotopic (exact) mass is 466 g/mol. The highest BCUT2D eigenvalue weighted by molar-refractivity contribution is 5.95. The highest BCUT2D eigenvalue weighted by atomic mass is 16.5. The Kier molecular flexibility index (Phi) is 4.62. The summed E-state index contributed by atoms with van der Waals surface area (Å²) in [6, 6.07) is 18.4. The minimum Gasteiger partial charge on any atom is -0.380 e. The van der Waals surface area contributed by atoms with E-state index in [-0.39, 0.29) is 11.5 Å². The predicted octanol–water partition coefficient (Wildman–Crippen LogP) is 3.04. The first-order valence-corrected chi connectivity index (χ1v) is 12.6. The topological polar surface area (TPSA) is 81.7 Å². The van der Waals surface area contributed by atoms with Gasteiger partial charge in [-0.1, -0.05) is 6.07 Å². The van der Waals surface area contributed by atoms with Crippen LogP contribution in [-0.4, -0.2) is 61.4 Å². The van der Waals surface area contributed by atoms with Gasteiger partial charge in [0.1, 0.15) is 6.07 Å². The van der Waals surface area contributed by atoms with Crippen molar-refractivity contribution in [2.45, 2.75) is 31.6 Å². The van der Waals surface area contributed by atoms with Crippen molar-refractivity contribution in [1.29, 1.82) is 5.26 Å². The zero-order chi connectivity index (χ0) is 23.7. The molecule has 7 heteroatoms. The van der Waals surface area contributed by atoms with Gasteiger partial charge in [0.05, 0.1) is 35.8 Å². The van der Waals surface area contributed by atoms with Gasteiger partial charge in [0.15, 0.2) is 0 Å². The molecule has 0 saturated carbocycles. The number of nitriles is 1. The summed E-state index contributed by atoms with van der Waals surface area (Å²) in [5.41, 5.74) is 13.4. The highest BCUT2D eigenvalue weighted by Gasteiger charge is 2.50. The van der Waals surface area contributed by atoms with E-state index in [0.717, 1.165) is 56.8 Å². The van der Waals surface area contributed by atoms with E-state index >= 15 is 0 Å². The minimum atomic E-state index is 0.143. The summed E-state index contributed by atoms with van der Waals surface area (Å²) in [7, 11) is 0. The van der Waals surface area contributed by atoms with Crippen LogP contribution in [0.2, 0.25) is 0 Å². The van der Waals surface area contributed by atoms with Gasteiger partial charge in [-0.25, -0.2) is 0 Å². The maximum Gasteiger partial charge on any atom is 0.101 e. The molecule has 5 heterocycles. The van der Waals surface area contributed by atoms with Gasteiger partial charge >= 0.3 is 0 Å². The molecular weight excluding hydrogens is 436 g/mol. The zero-order valence-corrected chi connectivity index (χ0v) is 20.0. The summed E-state index contributed by atoms with van der Waals surface area (Å²) in [6.07, 6.45) is 1.77. The molecule has 3 atom stereocenters. The van der Waals surface area contributed by atoms with E-state index in [1.807, 2.05) is 12.1 Å². The third kappa shape index (κ3) is 3.10. The highest BCUT2D eigenvalue weighted by Crippen LogP contribution is 2.44. The van der Waals surface area contributed by atoms with Crippen LogP contribution >= 0.6 is 0 Å². The lowest BCUT2D eigenvalue weighted by molar-refractivity contribution is -0.106. The van der Waals surface area contributed by atoms with Crippen LogP contribution in [0.3, 0.4) is 0 Å². The molecule has 2 N–H and O–H groups in total. The first-order chi connectivity index (χ1) is 17.1. The van der Waals surface area contributed by atoms with Gasteiger partial charge in [-0.2, -0.15) is 5.26 Å². The summed E-state index contributed by atoms with van der Waals surface area (Å²) < 4.78 is 5.51. The second-order valence-electron chi connectivity index (χ2n) is 10.8. The van der Waals surface area contributed by atoms with Crippen molar-refractivity contribution in [2.75, 3.05) is 49.2 Å². The van der Waals surface area contributed by atoms with Crippen LogP contribution in [0.25, 0.3) is 10.9 Å². The smallest absolute Gasteiger partial charge is 0.101 e. The molecule has 7 rings (SSSR count). The average molecular weight is 467 g/mol. The van der Waals surface area contributed by atoms with Gasteiger partial charge in [0.25, 0.3) is 0 Å². The number of benzene rings is 2. The fourth-order valence-corrected chi connectivity index (χ4v) is 6.69. The molecule has 35 heavy (non-hydrogen) atoms. The number of pyridine rings is 1. The van der Waals surface area contributed by atoms with Gasteiger partial charge in [0, 0.05) is 67.8 Å². The van der Waals surface area contributed by atoms with Crippen molar-refractivity contribution in [3.63, 3.8) is 0 Å². The number of nitrogens with zero attached hydrogens (tertiary/aromatic N) is 5. The van der Waals surface area contributed by atoms with E-state index in [2.05, 4.69) is 63.0 Å². The van der Waals surface area contributed by atoms with Gasteiger partial charge < -0.3 is 20.3 Å². The molecule has 1 aromatic heterocycles. The molecule has 7 nitrogen and oxygen atoms in total. The van der Waals surface area contributed by atoms with Crippen molar-refractivity contribution in [3.8, 4) is 6.07 Å². The van der Waals surface area contributed by atoms with Crippen LogP contribution in [0, 0.1) is 16.7 Å². The molecule has 0 radical (unpaired) electrons. The van der Waals surface area contributed by atoms with Crippen LogP contribution in [0.4, 0.5) is 11.4 Å². The number of hydrogen-bond acceptors (Lipinski definition) is 7. The van der Waals surface area contributed by atoms with Crippen LogP contribution in [-0.2, 0) is 11.3 Å². The molecule has 0 aliphatic carbocycles. The number of piperazine rings is 1. The van der Waals surface area contributed by atoms with Crippen LogP contribution in [0.15, 0.2) is 48.7 Å². The SMILES string of the molecule is C[C@@H]1CN(c2ccc(C#N)c3ncccc23)C[C@@H]2c3ccc(N4CC(N)C5(COC5)C4)cc3CN12. The third-order valence-electron chi connectivity index (χ3n) is 8.74. The van der Waals surface area contributed by atoms with Crippen LogP contribution in [0.1, 0.15) is 29.7 Å². The Morgan fingerprint density at radius 2 is 2.00 bits per heavy atom. The number of nitrogens with two attached hydrogens (primary N) is 1. The second-order valence-corrected chi connectivity index (χ2v) is 10.8. The first kappa shape index (κ1) is 21.1.